The number of nitrogens with zero attached hydrogens (tertiary/aromatic N) is 2. The van der Waals surface area contributed by atoms with Gasteiger partial charge in [0.05, 0.1) is 13.1 Å². The van der Waals surface area contributed by atoms with E-state index in [0.717, 1.165) is 18.2 Å². The molecule has 1 saturated heterocycles. The summed E-state index contributed by atoms with van der Waals surface area (Å²) in [7, 11) is 2.03. The summed E-state index contributed by atoms with van der Waals surface area (Å²) < 4.78 is 0. The molecule has 0 unspecified atom stereocenters. The van der Waals surface area contributed by atoms with Gasteiger partial charge in [0.15, 0.2) is 0 Å². The number of hydroxylamine groups is 2. The van der Waals surface area contributed by atoms with E-state index in [-0.39, 0.29) is 0 Å². The molecule has 0 aromatic carbocycles. The molecule has 8 heavy (non-hydrogen) atoms. The van der Waals surface area contributed by atoms with Crippen molar-refractivity contribution in [1.29, 1.82) is 0 Å². The first kappa shape index (κ1) is 6.01. The van der Waals surface area contributed by atoms with Gasteiger partial charge in [-0.3, -0.25) is 4.90 Å². The van der Waals surface area contributed by atoms with Crippen LogP contribution >= 0.6 is 0 Å². The first-order valence-corrected chi connectivity index (χ1v) is 2.89. The van der Waals surface area contributed by atoms with Crippen molar-refractivity contribution in [1.82, 2.24) is 9.96 Å². The van der Waals surface area contributed by atoms with Gasteiger partial charge in [0, 0.05) is 0 Å². The van der Waals surface area contributed by atoms with Crippen LogP contribution in [-0.4, -0.2) is 38.1 Å². The molecule has 0 N–H and O–H groups in total. The maximum Gasteiger partial charge on any atom is 0.135 e. The first-order chi connectivity index (χ1) is 3.79. The van der Waals surface area contributed by atoms with E-state index in [1.54, 1.807) is 0 Å². The molecule has 1 fully saturated rings. The molecule has 0 bridgehead atoms. The van der Waals surface area contributed by atoms with Crippen LogP contribution < -0.4 is 5.06 Å². The van der Waals surface area contributed by atoms with E-state index in [1.807, 2.05) is 7.05 Å². The minimum atomic E-state index is 0.677. The van der Waals surface area contributed by atoms with Gasteiger partial charge in [-0.15, -0.1) is 0 Å². The van der Waals surface area contributed by atoms with E-state index in [4.69, 9.17) is 0 Å². The maximum absolute atomic E-state index is 10.5. The van der Waals surface area contributed by atoms with Gasteiger partial charge in [-0.2, -0.15) is 5.06 Å². The molecule has 47 valence electrons. The van der Waals surface area contributed by atoms with Gasteiger partial charge in [0.1, 0.15) is 13.1 Å². The van der Waals surface area contributed by atoms with E-state index in [0.29, 0.717) is 13.1 Å². The molecule has 3 heteroatoms. The van der Waals surface area contributed by atoms with Crippen LogP contribution in [0, 0.1) is 5.21 Å². The quantitative estimate of drug-likeness (QED) is 0.317. The van der Waals surface area contributed by atoms with Crippen LogP contribution in [-0.2, 0) is 0 Å². The predicted molar refractivity (Wildman–Crippen MR) is 32.7 cm³/mol. The Kier molecular flexibility index (Phi) is 1.83. The van der Waals surface area contributed by atoms with Crippen molar-refractivity contribution in [3.63, 3.8) is 0 Å². The number of hydrogen-bond donors (Lipinski definition) is 0. The van der Waals surface area contributed by atoms with Gasteiger partial charge < -0.3 is 5.21 Å². The Labute approximate surface area is 49.5 Å². The number of hydrogen-bond acceptors (Lipinski definition) is 3. The summed E-state index contributed by atoms with van der Waals surface area (Å²) in [6.07, 6.45) is 0. The Balaban J connectivity index is 2.19. The number of likely N-dealkylation sites (N-methyl/N-ethyl adjacent to an activating group) is 1. The van der Waals surface area contributed by atoms with Crippen LogP contribution in [0.3, 0.4) is 0 Å². The van der Waals surface area contributed by atoms with Crippen molar-refractivity contribution >= 4 is 0 Å². The van der Waals surface area contributed by atoms with Crippen LogP contribution in [0.4, 0.5) is 0 Å². The molecule has 0 amide bonds. The van der Waals surface area contributed by atoms with Gasteiger partial charge in [-0.05, 0) is 7.05 Å². The van der Waals surface area contributed by atoms with E-state index in [9.17, 15) is 5.21 Å². The van der Waals surface area contributed by atoms with E-state index in [1.165, 1.54) is 0 Å². The smallest absolute Gasteiger partial charge is 0.135 e. The zero-order valence-electron chi connectivity index (χ0n) is 5.13. The average molecular weight is 115 g/mol. The molecule has 0 aromatic heterocycles. The minimum absolute atomic E-state index is 0.677. The Morgan fingerprint density at radius 1 is 1.38 bits per heavy atom. The summed E-state index contributed by atoms with van der Waals surface area (Å²) in [5.41, 5.74) is 0. The highest BCUT2D eigenvalue weighted by atomic mass is 16.5. The van der Waals surface area contributed by atoms with E-state index in [2.05, 4.69) is 4.90 Å². The van der Waals surface area contributed by atoms with Gasteiger partial charge >= 0.3 is 0 Å². The highest BCUT2D eigenvalue weighted by Gasteiger charge is 2.13. The van der Waals surface area contributed by atoms with Crippen molar-refractivity contribution in [2.24, 2.45) is 0 Å². The average Bonchev–Trinajstić information content (AvgIpc) is 1.77. The fraction of sp³-hybridized carbons (Fsp3) is 1.00. The minimum Gasteiger partial charge on any atom is -0.582 e. The Morgan fingerprint density at radius 2 is 1.88 bits per heavy atom. The highest BCUT2D eigenvalue weighted by molar-refractivity contribution is 4.73. The molecule has 0 spiro atoms. The number of piperazine rings is 1. The standard InChI is InChI=1S/C5H11N2O/c1-6-2-4-7(8)5-3-6/h2-5H2,1H3. The Hall–Kier alpha value is -0.120. The maximum atomic E-state index is 10.5. The molecule has 1 aliphatic heterocycles. The van der Waals surface area contributed by atoms with Crippen LogP contribution in [0.1, 0.15) is 0 Å². The zero-order valence-corrected chi connectivity index (χ0v) is 5.13. The second-order valence-electron chi connectivity index (χ2n) is 2.23. The fourth-order valence-electron chi connectivity index (χ4n) is 0.788. The van der Waals surface area contributed by atoms with Crippen LogP contribution in [0.2, 0.25) is 0 Å². The second kappa shape index (κ2) is 2.44. The lowest BCUT2D eigenvalue weighted by Crippen LogP contribution is -2.44. The SMILES string of the molecule is CN1CC[N+]([O-])CC1. The third-order valence-electron chi connectivity index (χ3n) is 1.46. The topological polar surface area (TPSA) is 32.2 Å². The summed E-state index contributed by atoms with van der Waals surface area (Å²) in [5, 5.41) is 11.6. The van der Waals surface area contributed by atoms with Gasteiger partial charge in [0.2, 0.25) is 0 Å². The molecule has 0 saturated carbocycles. The molecular weight excluding hydrogens is 104 g/mol. The van der Waals surface area contributed by atoms with Crippen molar-refractivity contribution in [3.05, 3.63) is 5.21 Å². The fourth-order valence-corrected chi connectivity index (χ4v) is 0.788. The van der Waals surface area contributed by atoms with Gasteiger partial charge in [0.25, 0.3) is 0 Å². The van der Waals surface area contributed by atoms with Crippen LogP contribution in [0.25, 0.3) is 0 Å². The van der Waals surface area contributed by atoms with Crippen molar-refractivity contribution in [2.75, 3.05) is 33.2 Å². The van der Waals surface area contributed by atoms with E-state index < -0.39 is 0 Å². The third kappa shape index (κ3) is 1.43. The third-order valence-corrected chi connectivity index (χ3v) is 1.46. The Bertz CT molecular complexity index is 58.8. The van der Waals surface area contributed by atoms with E-state index >= 15 is 0 Å². The second-order valence-corrected chi connectivity index (χ2v) is 2.23. The zero-order chi connectivity index (χ0) is 5.98. The lowest BCUT2D eigenvalue weighted by atomic mass is 10.4. The summed E-state index contributed by atoms with van der Waals surface area (Å²) >= 11 is 0. The molecular formula is C5H11N2O. The van der Waals surface area contributed by atoms with Crippen LogP contribution in [0.15, 0.2) is 0 Å². The number of rotatable bonds is 0. The van der Waals surface area contributed by atoms with Crippen LogP contribution in [0.5, 0.6) is 0 Å². The first-order valence-electron chi connectivity index (χ1n) is 2.89. The highest BCUT2D eigenvalue weighted by Crippen LogP contribution is 1.91. The van der Waals surface area contributed by atoms with Crippen molar-refractivity contribution in [3.8, 4) is 0 Å². The molecule has 3 nitrogen and oxygen atoms in total. The summed E-state index contributed by atoms with van der Waals surface area (Å²) in [6, 6.07) is 0. The normalized spacial score (nSPS) is 26.2. The molecule has 1 rings (SSSR count). The monoisotopic (exact) mass is 115 g/mol. The molecule has 1 heterocycles. The lowest BCUT2D eigenvalue weighted by Gasteiger charge is -2.25. The molecule has 0 aromatic rings. The predicted octanol–water partition coefficient (Wildman–Crippen LogP) is -0.430. The van der Waals surface area contributed by atoms with Gasteiger partial charge in [-0.1, -0.05) is 0 Å². The van der Waals surface area contributed by atoms with Gasteiger partial charge in [-0.25, -0.2) is 0 Å². The Morgan fingerprint density at radius 3 is 2.25 bits per heavy atom. The van der Waals surface area contributed by atoms with Crippen molar-refractivity contribution < 1.29 is 0 Å². The van der Waals surface area contributed by atoms with Crippen molar-refractivity contribution in [2.45, 2.75) is 0 Å². The molecule has 1 aliphatic rings. The molecule has 0 atom stereocenters. The molecule has 1 radical (unpaired) electrons. The largest absolute Gasteiger partial charge is 0.582 e. The summed E-state index contributed by atoms with van der Waals surface area (Å²) in [4.78, 5) is 2.16. The summed E-state index contributed by atoms with van der Waals surface area (Å²) in [5.74, 6) is 0. The molecule has 0 aliphatic carbocycles. The lowest BCUT2D eigenvalue weighted by molar-refractivity contribution is 0.252. The summed E-state index contributed by atoms with van der Waals surface area (Å²) in [6.45, 7) is 3.19.